The number of likely N-dealkylation sites (tertiary alicyclic amines) is 1. The first-order valence-electron chi connectivity index (χ1n) is 7.47. The van der Waals surface area contributed by atoms with Gasteiger partial charge < -0.3 is 9.80 Å². The van der Waals surface area contributed by atoms with E-state index in [-0.39, 0.29) is 17.9 Å². The summed E-state index contributed by atoms with van der Waals surface area (Å²) in [7, 11) is 3.74. The molecular weight excluding hydrogens is 266 g/mol. The maximum absolute atomic E-state index is 12.5. The number of nitrogens with zero attached hydrogens (tertiary/aromatic N) is 3. The maximum Gasteiger partial charge on any atom is 0.255 e. The van der Waals surface area contributed by atoms with Crippen molar-refractivity contribution in [3.8, 4) is 0 Å². The third-order valence-electron chi connectivity index (χ3n) is 4.96. The molecule has 0 spiro atoms. The van der Waals surface area contributed by atoms with Crippen molar-refractivity contribution in [3.63, 3.8) is 0 Å². The van der Waals surface area contributed by atoms with Gasteiger partial charge in [-0.05, 0) is 36.8 Å². The monoisotopic (exact) mass is 287 g/mol. The van der Waals surface area contributed by atoms with Crippen LogP contribution in [0.3, 0.4) is 0 Å². The Bertz CT molecular complexity index is 546. The number of carbonyl (C=O) groups excluding carboxylic acids is 2. The van der Waals surface area contributed by atoms with Crippen LogP contribution in [0.2, 0.25) is 0 Å². The summed E-state index contributed by atoms with van der Waals surface area (Å²) in [5.41, 5.74) is 0.628. The third-order valence-corrected chi connectivity index (χ3v) is 4.96. The van der Waals surface area contributed by atoms with Crippen molar-refractivity contribution >= 4 is 11.8 Å². The van der Waals surface area contributed by atoms with Crippen LogP contribution in [0.15, 0.2) is 24.5 Å². The molecule has 0 unspecified atom stereocenters. The van der Waals surface area contributed by atoms with E-state index >= 15 is 0 Å². The molecule has 1 aliphatic carbocycles. The second-order valence-electron chi connectivity index (χ2n) is 6.28. The van der Waals surface area contributed by atoms with Crippen molar-refractivity contribution in [3.05, 3.63) is 30.1 Å². The van der Waals surface area contributed by atoms with Gasteiger partial charge in [-0.3, -0.25) is 14.6 Å². The lowest BCUT2D eigenvalue weighted by molar-refractivity contribution is -0.134. The lowest BCUT2D eigenvalue weighted by Crippen LogP contribution is -2.39. The van der Waals surface area contributed by atoms with E-state index in [9.17, 15) is 9.59 Å². The number of amides is 2. The fourth-order valence-electron chi connectivity index (χ4n) is 3.66. The molecule has 1 aliphatic heterocycles. The molecule has 1 aromatic rings. The van der Waals surface area contributed by atoms with E-state index in [1.165, 1.54) is 0 Å². The van der Waals surface area contributed by atoms with E-state index < -0.39 is 0 Å². The van der Waals surface area contributed by atoms with E-state index in [0.29, 0.717) is 23.8 Å². The molecule has 112 valence electrons. The van der Waals surface area contributed by atoms with Gasteiger partial charge in [-0.15, -0.1) is 0 Å². The fraction of sp³-hybridized carbons (Fsp3) is 0.562. The number of hydrogen-bond donors (Lipinski definition) is 0. The highest BCUT2D eigenvalue weighted by molar-refractivity contribution is 5.93. The average molecular weight is 287 g/mol. The molecule has 3 rings (SSSR count). The van der Waals surface area contributed by atoms with Crippen LogP contribution >= 0.6 is 0 Å². The molecule has 0 radical (unpaired) electrons. The Morgan fingerprint density at radius 1 is 1.38 bits per heavy atom. The second kappa shape index (κ2) is 5.47. The maximum atomic E-state index is 12.5. The summed E-state index contributed by atoms with van der Waals surface area (Å²) in [6, 6.07) is 3.81. The van der Waals surface area contributed by atoms with Gasteiger partial charge in [0.2, 0.25) is 5.91 Å². The van der Waals surface area contributed by atoms with Gasteiger partial charge in [0.25, 0.3) is 5.91 Å². The molecule has 0 bridgehead atoms. The van der Waals surface area contributed by atoms with Crippen LogP contribution < -0.4 is 0 Å². The number of fused-ring (bicyclic) bond motifs is 1. The molecule has 1 saturated heterocycles. The first-order chi connectivity index (χ1) is 10.1. The van der Waals surface area contributed by atoms with Gasteiger partial charge in [0.15, 0.2) is 0 Å². The highest BCUT2D eigenvalue weighted by atomic mass is 16.2. The molecule has 21 heavy (non-hydrogen) atoms. The van der Waals surface area contributed by atoms with Crippen molar-refractivity contribution in [1.29, 1.82) is 0 Å². The third kappa shape index (κ3) is 2.64. The molecule has 0 aromatic carbocycles. The zero-order chi connectivity index (χ0) is 15.0. The average Bonchev–Trinajstić information content (AvgIpc) is 2.90. The van der Waals surface area contributed by atoms with Crippen molar-refractivity contribution in [2.75, 3.05) is 20.6 Å². The molecule has 2 amide bonds. The van der Waals surface area contributed by atoms with Crippen molar-refractivity contribution < 1.29 is 9.59 Å². The summed E-state index contributed by atoms with van der Waals surface area (Å²) in [5.74, 6) is 1.22. The zero-order valence-electron chi connectivity index (χ0n) is 12.5. The summed E-state index contributed by atoms with van der Waals surface area (Å²) in [6.45, 7) is 0.828. The van der Waals surface area contributed by atoms with Gasteiger partial charge in [-0.25, -0.2) is 0 Å². The normalized spacial score (nSPS) is 28.4. The molecule has 0 N–H and O–H groups in total. The van der Waals surface area contributed by atoms with Gasteiger partial charge in [-0.1, -0.05) is 0 Å². The van der Waals surface area contributed by atoms with Crippen molar-refractivity contribution in [2.24, 2.45) is 11.8 Å². The topological polar surface area (TPSA) is 53.5 Å². The molecule has 2 fully saturated rings. The molecule has 5 nitrogen and oxygen atoms in total. The number of hydrogen-bond acceptors (Lipinski definition) is 3. The SMILES string of the molecule is CN1C[C@@H]2C[C@H](N(C)C(=O)c3cccnc3)C[C@@H]2CC1=O. The van der Waals surface area contributed by atoms with Crippen LogP contribution in [-0.2, 0) is 4.79 Å². The Kier molecular flexibility index (Phi) is 3.66. The first-order valence-corrected chi connectivity index (χ1v) is 7.47. The number of carbonyl (C=O) groups is 2. The quantitative estimate of drug-likeness (QED) is 0.826. The van der Waals surface area contributed by atoms with Gasteiger partial charge in [0, 0.05) is 45.5 Å². The van der Waals surface area contributed by atoms with Gasteiger partial charge in [-0.2, -0.15) is 0 Å². The Morgan fingerprint density at radius 2 is 2.14 bits per heavy atom. The molecule has 2 heterocycles. The zero-order valence-corrected chi connectivity index (χ0v) is 12.5. The van der Waals surface area contributed by atoms with Crippen LogP contribution in [0, 0.1) is 11.8 Å². The lowest BCUT2D eigenvalue weighted by Gasteiger charge is -2.31. The van der Waals surface area contributed by atoms with E-state index in [1.54, 1.807) is 24.5 Å². The van der Waals surface area contributed by atoms with E-state index in [0.717, 1.165) is 19.4 Å². The Morgan fingerprint density at radius 3 is 2.86 bits per heavy atom. The van der Waals surface area contributed by atoms with Crippen LogP contribution in [0.1, 0.15) is 29.6 Å². The first kappa shape index (κ1) is 14.0. The molecule has 5 heteroatoms. The molecule has 1 aromatic heterocycles. The Labute approximate surface area is 124 Å². The Hall–Kier alpha value is -1.91. The molecule has 3 atom stereocenters. The Balaban J connectivity index is 1.68. The summed E-state index contributed by atoms with van der Waals surface area (Å²) in [4.78, 5) is 31.9. The lowest BCUT2D eigenvalue weighted by atomic mass is 9.88. The molecule has 1 saturated carbocycles. The van der Waals surface area contributed by atoms with Crippen molar-refractivity contribution in [2.45, 2.75) is 25.3 Å². The van der Waals surface area contributed by atoms with Crippen LogP contribution in [0.25, 0.3) is 0 Å². The summed E-state index contributed by atoms with van der Waals surface area (Å²) in [5, 5.41) is 0. The minimum atomic E-state index is 0.0198. The van der Waals surface area contributed by atoms with Crippen molar-refractivity contribution in [1.82, 2.24) is 14.8 Å². The second-order valence-corrected chi connectivity index (χ2v) is 6.28. The standard InChI is InChI=1S/C16H21N3O2/c1-18-10-13-7-14(6-12(13)8-15(18)20)19(2)16(21)11-4-3-5-17-9-11/h3-5,9,12-14H,6-8,10H2,1-2H3/t12-,13+,14-/m1/s1. The molecule has 2 aliphatic rings. The van der Waals surface area contributed by atoms with Crippen LogP contribution in [0.5, 0.6) is 0 Å². The summed E-state index contributed by atoms with van der Waals surface area (Å²) < 4.78 is 0. The van der Waals surface area contributed by atoms with E-state index in [2.05, 4.69) is 4.98 Å². The predicted molar refractivity (Wildman–Crippen MR) is 78.6 cm³/mol. The minimum absolute atomic E-state index is 0.0198. The predicted octanol–water partition coefficient (Wildman–Crippen LogP) is 1.41. The smallest absolute Gasteiger partial charge is 0.255 e. The summed E-state index contributed by atoms with van der Waals surface area (Å²) >= 11 is 0. The molecular formula is C16H21N3O2. The number of piperidine rings is 1. The highest BCUT2D eigenvalue weighted by Crippen LogP contribution is 2.40. The number of pyridine rings is 1. The number of rotatable bonds is 2. The minimum Gasteiger partial charge on any atom is -0.345 e. The highest BCUT2D eigenvalue weighted by Gasteiger charge is 2.42. The van der Waals surface area contributed by atoms with E-state index in [4.69, 9.17) is 0 Å². The largest absolute Gasteiger partial charge is 0.345 e. The van der Waals surface area contributed by atoms with Gasteiger partial charge >= 0.3 is 0 Å². The summed E-state index contributed by atoms with van der Waals surface area (Å²) in [6.07, 6.45) is 5.84. The fourth-order valence-corrected chi connectivity index (χ4v) is 3.66. The van der Waals surface area contributed by atoms with E-state index in [1.807, 2.05) is 23.9 Å². The van der Waals surface area contributed by atoms with Crippen LogP contribution in [0.4, 0.5) is 0 Å². The van der Waals surface area contributed by atoms with Gasteiger partial charge in [0.05, 0.1) is 5.56 Å². The van der Waals surface area contributed by atoms with Gasteiger partial charge in [0.1, 0.15) is 0 Å². The van der Waals surface area contributed by atoms with Crippen LogP contribution in [-0.4, -0.2) is 53.3 Å². The number of aromatic nitrogens is 1.